The lowest BCUT2D eigenvalue weighted by Crippen LogP contribution is -2.39. The molecule has 0 heterocycles. The lowest BCUT2D eigenvalue weighted by atomic mass is 9.98. The molecule has 1 aliphatic rings. The topological polar surface area (TPSA) is 12.0 Å². The second kappa shape index (κ2) is 6.33. The second-order valence-corrected chi connectivity index (χ2v) is 5.73. The van der Waals surface area contributed by atoms with Gasteiger partial charge in [-0.25, -0.2) is 4.39 Å². The third-order valence-corrected chi connectivity index (χ3v) is 4.09. The summed E-state index contributed by atoms with van der Waals surface area (Å²) in [5.74, 6) is 0.698. The van der Waals surface area contributed by atoms with Crippen LogP contribution in [0.1, 0.15) is 45.1 Å². The zero-order chi connectivity index (χ0) is 13.0. The van der Waals surface area contributed by atoms with Crippen LogP contribution in [0.25, 0.3) is 0 Å². The van der Waals surface area contributed by atoms with Crippen LogP contribution in [0.5, 0.6) is 0 Å². The Hall–Kier alpha value is -0.890. The Morgan fingerprint density at radius 3 is 2.67 bits per heavy atom. The third-order valence-electron chi connectivity index (χ3n) is 4.09. The van der Waals surface area contributed by atoms with E-state index in [1.54, 1.807) is 12.1 Å². The van der Waals surface area contributed by atoms with E-state index in [4.69, 9.17) is 0 Å². The van der Waals surface area contributed by atoms with Gasteiger partial charge < -0.3 is 5.32 Å². The van der Waals surface area contributed by atoms with Crippen molar-refractivity contribution in [3.8, 4) is 0 Å². The van der Waals surface area contributed by atoms with Crippen LogP contribution in [0, 0.1) is 11.7 Å². The molecular weight excluding hydrogens is 225 g/mol. The molecule has 1 saturated carbocycles. The molecule has 1 aromatic rings. The van der Waals surface area contributed by atoms with Gasteiger partial charge in [0, 0.05) is 12.1 Å². The van der Waals surface area contributed by atoms with Crippen molar-refractivity contribution in [3.05, 3.63) is 35.6 Å². The maximum Gasteiger partial charge on any atom is 0.123 e. The number of halogens is 1. The summed E-state index contributed by atoms with van der Waals surface area (Å²) in [5, 5.41) is 3.67. The number of benzene rings is 1. The highest BCUT2D eigenvalue weighted by molar-refractivity contribution is 5.17. The average molecular weight is 249 g/mol. The lowest BCUT2D eigenvalue weighted by molar-refractivity contribution is 0.348. The SMILES string of the molecule is CC(Cc1cccc(F)c1)NC(C)C1CCCC1. The van der Waals surface area contributed by atoms with Crippen molar-refractivity contribution in [2.75, 3.05) is 0 Å². The van der Waals surface area contributed by atoms with Crippen molar-refractivity contribution >= 4 is 0 Å². The molecule has 0 radical (unpaired) electrons. The lowest BCUT2D eigenvalue weighted by Gasteiger charge is -2.25. The Morgan fingerprint density at radius 2 is 2.00 bits per heavy atom. The fourth-order valence-electron chi connectivity index (χ4n) is 3.12. The second-order valence-electron chi connectivity index (χ2n) is 5.73. The van der Waals surface area contributed by atoms with Crippen LogP contribution in [0.15, 0.2) is 24.3 Å². The van der Waals surface area contributed by atoms with E-state index >= 15 is 0 Å². The van der Waals surface area contributed by atoms with E-state index in [2.05, 4.69) is 19.2 Å². The summed E-state index contributed by atoms with van der Waals surface area (Å²) in [7, 11) is 0. The average Bonchev–Trinajstić information content (AvgIpc) is 2.81. The maximum absolute atomic E-state index is 13.1. The van der Waals surface area contributed by atoms with E-state index < -0.39 is 0 Å². The molecule has 2 unspecified atom stereocenters. The summed E-state index contributed by atoms with van der Waals surface area (Å²) in [4.78, 5) is 0. The summed E-state index contributed by atoms with van der Waals surface area (Å²) in [5.41, 5.74) is 1.08. The van der Waals surface area contributed by atoms with Crippen molar-refractivity contribution in [3.63, 3.8) is 0 Å². The molecule has 1 nitrogen and oxygen atoms in total. The molecule has 2 atom stereocenters. The van der Waals surface area contributed by atoms with Gasteiger partial charge in [0.25, 0.3) is 0 Å². The molecule has 0 aromatic heterocycles. The van der Waals surface area contributed by atoms with Gasteiger partial charge in [0.05, 0.1) is 0 Å². The van der Waals surface area contributed by atoms with Crippen LogP contribution in [-0.2, 0) is 6.42 Å². The van der Waals surface area contributed by atoms with Crippen LogP contribution < -0.4 is 5.32 Å². The van der Waals surface area contributed by atoms with Crippen LogP contribution in [0.3, 0.4) is 0 Å². The van der Waals surface area contributed by atoms with Crippen molar-refractivity contribution < 1.29 is 4.39 Å². The summed E-state index contributed by atoms with van der Waals surface area (Å²) in [6.45, 7) is 4.48. The molecule has 2 heteroatoms. The minimum absolute atomic E-state index is 0.136. The van der Waals surface area contributed by atoms with Crippen molar-refractivity contribution in [2.24, 2.45) is 5.92 Å². The first-order chi connectivity index (χ1) is 8.65. The molecule has 100 valence electrons. The van der Waals surface area contributed by atoms with Gasteiger partial charge in [0.1, 0.15) is 5.82 Å². The van der Waals surface area contributed by atoms with Gasteiger partial charge >= 0.3 is 0 Å². The Morgan fingerprint density at radius 1 is 1.28 bits per heavy atom. The standard InChI is InChI=1S/C16H24FN/c1-12(10-14-6-5-9-16(17)11-14)18-13(2)15-7-3-4-8-15/h5-6,9,11-13,15,18H,3-4,7-8,10H2,1-2H3. The van der Waals surface area contributed by atoms with Crippen molar-refractivity contribution in [1.29, 1.82) is 0 Å². The van der Waals surface area contributed by atoms with Crippen LogP contribution in [0.2, 0.25) is 0 Å². The first kappa shape index (κ1) is 13.5. The highest BCUT2D eigenvalue weighted by Gasteiger charge is 2.22. The van der Waals surface area contributed by atoms with Gasteiger partial charge in [-0.1, -0.05) is 25.0 Å². The van der Waals surface area contributed by atoms with E-state index in [0.29, 0.717) is 12.1 Å². The zero-order valence-corrected chi connectivity index (χ0v) is 11.5. The molecule has 1 aliphatic carbocycles. The Kier molecular flexibility index (Phi) is 4.76. The number of nitrogens with one attached hydrogen (secondary N) is 1. The molecule has 1 aromatic carbocycles. The van der Waals surface area contributed by atoms with Crippen LogP contribution in [0.4, 0.5) is 4.39 Å². The normalized spacial score (nSPS) is 19.9. The minimum Gasteiger partial charge on any atom is -0.311 e. The molecule has 18 heavy (non-hydrogen) atoms. The van der Waals surface area contributed by atoms with Gasteiger partial charge in [0.15, 0.2) is 0 Å². The van der Waals surface area contributed by atoms with Gasteiger partial charge in [-0.05, 0) is 56.7 Å². The molecule has 2 rings (SSSR count). The van der Waals surface area contributed by atoms with Gasteiger partial charge in [-0.3, -0.25) is 0 Å². The molecule has 1 N–H and O–H groups in total. The predicted molar refractivity (Wildman–Crippen MR) is 74.1 cm³/mol. The Bertz CT molecular complexity index is 371. The third kappa shape index (κ3) is 3.81. The fourth-order valence-corrected chi connectivity index (χ4v) is 3.12. The van der Waals surface area contributed by atoms with Gasteiger partial charge in [-0.2, -0.15) is 0 Å². The smallest absolute Gasteiger partial charge is 0.123 e. The highest BCUT2D eigenvalue weighted by atomic mass is 19.1. The van der Waals surface area contributed by atoms with Crippen LogP contribution >= 0.6 is 0 Å². The zero-order valence-electron chi connectivity index (χ0n) is 11.5. The van der Waals surface area contributed by atoms with E-state index in [-0.39, 0.29) is 5.82 Å². The highest BCUT2D eigenvalue weighted by Crippen LogP contribution is 2.27. The molecule has 0 amide bonds. The quantitative estimate of drug-likeness (QED) is 0.834. The Labute approximate surface area is 110 Å². The van der Waals surface area contributed by atoms with Crippen LogP contribution in [-0.4, -0.2) is 12.1 Å². The summed E-state index contributed by atoms with van der Waals surface area (Å²) in [6, 6.07) is 7.92. The van der Waals surface area contributed by atoms with Crippen molar-refractivity contribution in [1.82, 2.24) is 5.32 Å². The monoisotopic (exact) mass is 249 g/mol. The first-order valence-corrected chi connectivity index (χ1v) is 7.15. The molecule has 0 aliphatic heterocycles. The predicted octanol–water partition coefficient (Wildman–Crippen LogP) is 3.93. The summed E-state index contributed by atoms with van der Waals surface area (Å²) in [6.07, 6.45) is 6.39. The van der Waals surface area contributed by atoms with E-state index in [1.807, 2.05) is 6.07 Å². The minimum atomic E-state index is -0.136. The molecule has 1 fully saturated rings. The van der Waals surface area contributed by atoms with E-state index in [1.165, 1.54) is 31.7 Å². The first-order valence-electron chi connectivity index (χ1n) is 7.15. The largest absolute Gasteiger partial charge is 0.311 e. The Balaban J connectivity index is 1.82. The number of hydrogen-bond acceptors (Lipinski definition) is 1. The maximum atomic E-state index is 13.1. The van der Waals surface area contributed by atoms with Gasteiger partial charge in [-0.15, -0.1) is 0 Å². The summed E-state index contributed by atoms with van der Waals surface area (Å²) < 4.78 is 13.1. The molecular formula is C16H24FN. The van der Waals surface area contributed by atoms with E-state index in [9.17, 15) is 4.39 Å². The fraction of sp³-hybridized carbons (Fsp3) is 0.625. The van der Waals surface area contributed by atoms with E-state index in [0.717, 1.165) is 17.9 Å². The number of rotatable bonds is 5. The summed E-state index contributed by atoms with van der Waals surface area (Å²) >= 11 is 0. The molecule has 0 spiro atoms. The van der Waals surface area contributed by atoms with Crippen molar-refractivity contribution in [2.45, 2.75) is 58.0 Å². The number of hydrogen-bond donors (Lipinski definition) is 1. The van der Waals surface area contributed by atoms with Gasteiger partial charge in [0.2, 0.25) is 0 Å². The molecule has 0 bridgehead atoms. The molecule has 0 saturated heterocycles.